The van der Waals surface area contributed by atoms with Crippen LogP contribution in [0.1, 0.15) is 6.92 Å². The van der Waals surface area contributed by atoms with Gasteiger partial charge < -0.3 is 4.74 Å². The third-order valence-electron chi connectivity index (χ3n) is 0.683. The van der Waals surface area contributed by atoms with Crippen LogP contribution >= 0.6 is 0 Å². The molecule has 1 radical (unpaired) electrons. The van der Waals surface area contributed by atoms with Crippen LogP contribution in [0.5, 0.6) is 0 Å². The van der Waals surface area contributed by atoms with Crippen molar-refractivity contribution in [1.82, 2.24) is 0 Å². The predicted molar refractivity (Wildman–Crippen MR) is 39.3 cm³/mol. The molecule has 0 aromatic carbocycles. The molecule has 0 spiro atoms. The average molecular weight is 131 g/mol. The van der Waals surface area contributed by atoms with Crippen LogP contribution in [0.3, 0.4) is 0 Å². The Labute approximate surface area is 53.1 Å². The summed E-state index contributed by atoms with van der Waals surface area (Å²) in [5.74, 6) is 0. The van der Waals surface area contributed by atoms with Gasteiger partial charge in [0.15, 0.2) is 0 Å². The first kappa shape index (κ1) is 8.18. The summed E-state index contributed by atoms with van der Waals surface area (Å²) in [6, 6.07) is 0. The standard InChI is InChI=1S/C6H15OSi/c1-5-7-6-8(2,3)4/h5H,6H2,1-4H3. The van der Waals surface area contributed by atoms with Crippen LogP contribution in [-0.2, 0) is 4.74 Å². The molecule has 1 nitrogen and oxygen atoms in total. The van der Waals surface area contributed by atoms with Gasteiger partial charge in [0.1, 0.15) is 0 Å². The Morgan fingerprint density at radius 1 is 1.38 bits per heavy atom. The highest BCUT2D eigenvalue weighted by Crippen LogP contribution is 2.00. The van der Waals surface area contributed by atoms with Crippen molar-refractivity contribution in [3.05, 3.63) is 6.61 Å². The van der Waals surface area contributed by atoms with Crippen molar-refractivity contribution in [1.29, 1.82) is 0 Å². The Balaban J connectivity index is 3.11. The Morgan fingerprint density at radius 3 is 2.00 bits per heavy atom. The number of hydrogen-bond acceptors (Lipinski definition) is 1. The van der Waals surface area contributed by atoms with Crippen LogP contribution in [-0.4, -0.2) is 14.3 Å². The average Bonchev–Trinajstić information content (AvgIpc) is 1.59. The molecule has 0 aliphatic carbocycles. The maximum Gasteiger partial charge on any atom is 0.0801 e. The molecule has 0 bridgehead atoms. The fourth-order valence-corrected chi connectivity index (χ4v) is 1.00. The molecule has 0 N–H and O–H groups in total. The minimum absolute atomic E-state index is 0.932. The van der Waals surface area contributed by atoms with Crippen molar-refractivity contribution in [3.8, 4) is 0 Å². The fourth-order valence-electron chi connectivity index (χ4n) is 0.333. The lowest BCUT2D eigenvalue weighted by atomic mass is 10.9. The SMILES string of the molecule is C[CH]OC[Si](C)(C)C. The molecule has 0 aromatic heterocycles. The zero-order valence-electron chi connectivity index (χ0n) is 6.19. The van der Waals surface area contributed by atoms with Gasteiger partial charge in [-0.2, -0.15) is 0 Å². The first-order valence-electron chi connectivity index (χ1n) is 2.96. The van der Waals surface area contributed by atoms with Crippen LogP contribution in [0.25, 0.3) is 0 Å². The lowest BCUT2D eigenvalue weighted by Gasteiger charge is -2.13. The number of rotatable bonds is 3. The van der Waals surface area contributed by atoms with Gasteiger partial charge >= 0.3 is 0 Å². The highest BCUT2D eigenvalue weighted by molar-refractivity contribution is 6.76. The van der Waals surface area contributed by atoms with Crippen LogP contribution in [0.2, 0.25) is 19.6 Å². The topological polar surface area (TPSA) is 9.23 Å². The van der Waals surface area contributed by atoms with Gasteiger partial charge in [-0.25, -0.2) is 0 Å². The molecular formula is C6H15OSi. The van der Waals surface area contributed by atoms with Crippen molar-refractivity contribution >= 4 is 8.07 Å². The van der Waals surface area contributed by atoms with Crippen molar-refractivity contribution in [2.45, 2.75) is 26.6 Å². The largest absolute Gasteiger partial charge is 0.379 e. The Bertz CT molecular complexity index is 56.0. The van der Waals surface area contributed by atoms with Crippen molar-refractivity contribution in [3.63, 3.8) is 0 Å². The van der Waals surface area contributed by atoms with E-state index in [9.17, 15) is 0 Å². The summed E-state index contributed by atoms with van der Waals surface area (Å²) in [4.78, 5) is 0. The maximum atomic E-state index is 5.13. The molecule has 0 aromatic rings. The van der Waals surface area contributed by atoms with E-state index in [2.05, 4.69) is 19.6 Å². The molecule has 0 amide bonds. The molecule has 0 aliphatic heterocycles. The van der Waals surface area contributed by atoms with E-state index in [0.29, 0.717) is 0 Å². The second kappa shape index (κ2) is 3.25. The van der Waals surface area contributed by atoms with Gasteiger partial charge in [0.25, 0.3) is 0 Å². The van der Waals surface area contributed by atoms with Gasteiger partial charge in [0, 0.05) is 6.23 Å². The quantitative estimate of drug-likeness (QED) is 0.533. The molecule has 0 saturated heterocycles. The highest BCUT2D eigenvalue weighted by Gasteiger charge is 2.11. The minimum atomic E-state index is -0.932. The monoisotopic (exact) mass is 131 g/mol. The van der Waals surface area contributed by atoms with E-state index in [1.807, 2.05) is 6.92 Å². The molecule has 0 atom stereocenters. The molecule has 49 valence electrons. The van der Waals surface area contributed by atoms with Crippen LogP contribution in [0, 0.1) is 6.61 Å². The minimum Gasteiger partial charge on any atom is -0.379 e. The van der Waals surface area contributed by atoms with Gasteiger partial charge in [-0.15, -0.1) is 0 Å². The summed E-state index contributed by atoms with van der Waals surface area (Å²) in [6.07, 6.45) is 0.948. The summed E-state index contributed by atoms with van der Waals surface area (Å²) in [5.41, 5.74) is 0. The summed E-state index contributed by atoms with van der Waals surface area (Å²) in [5, 5.41) is 0. The molecule has 0 aliphatic rings. The molecule has 8 heavy (non-hydrogen) atoms. The Kier molecular flexibility index (Phi) is 3.32. The normalized spacial score (nSPS) is 12.0. The van der Waals surface area contributed by atoms with E-state index >= 15 is 0 Å². The zero-order valence-corrected chi connectivity index (χ0v) is 7.19. The lowest BCUT2D eigenvalue weighted by molar-refractivity contribution is 0.252. The van der Waals surface area contributed by atoms with E-state index in [1.54, 1.807) is 6.61 Å². The van der Waals surface area contributed by atoms with E-state index in [1.165, 1.54) is 0 Å². The van der Waals surface area contributed by atoms with Crippen molar-refractivity contribution in [2.24, 2.45) is 0 Å². The maximum absolute atomic E-state index is 5.13. The second-order valence-electron chi connectivity index (χ2n) is 3.11. The van der Waals surface area contributed by atoms with Gasteiger partial charge in [0.2, 0.25) is 0 Å². The summed E-state index contributed by atoms with van der Waals surface area (Å²) in [7, 11) is -0.932. The summed E-state index contributed by atoms with van der Waals surface area (Å²) < 4.78 is 5.13. The molecule has 0 fully saturated rings. The van der Waals surface area contributed by atoms with Crippen molar-refractivity contribution < 1.29 is 4.74 Å². The summed E-state index contributed by atoms with van der Waals surface area (Å²) >= 11 is 0. The highest BCUT2D eigenvalue weighted by atomic mass is 28.3. The molecule has 2 heteroatoms. The number of ether oxygens (including phenoxy) is 1. The molecule has 0 heterocycles. The summed E-state index contributed by atoms with van der Waals surface area (Å²) in [6.45, 7) is 10.5. The molecular weight excluding hydrogens is 116 g/mol. The van der Waals surface area contributed by atoms with Gasteiger partial charge in [-0.05, 0) is 6.92 Å². The first-order chi connectivity index (χ1) is 3.56. The second-order valence-corrected chi connectivity index (χ2v) is 8.52. The third kappa shape index (κ3) is 6.18. The smallest absolute Gasteiger partial charge is 0.0801 e. The van der Waals surface area contributed by atoms with Gasteiger partial charge in [0.05, 0.1) is 14.7 Å². The number of hydrogen-bond donors (Lipinski definition) is 0. The van der Waals surface area contributed by atoms with Crippen LogP contribution in [0.4, 0.5) is 0 Å². The zero-order chi connectivity index (χ0) is 6.62. The first-order valence-corrected chi connectivity index (χ1v) is 6.66. The van der Waals surface area contributed by atoms with E-state index in [0.717, 1.165) is 6.23 Å². The van der Waals surface area contributed by atoms with Crippen LogP contribution in [0.15, 0.2) is 0 Å². The van der Waals surface area contributed by atoms with Gasteiger partial charge in [-0.1, -0.05) is 19.6 Å². The third-order valence-corrected chi connectivity index (χ3v) is 1.72. The van der Waals surface area contributed by atoms with E-state index < -0.39 is 8.07 Å². The molecule has 0 saturated carbocycles. The predicted octanol–water partition coefficient (Wildman–Crippen LogP) is 2.06. The van der Waals surface area contributed by atoms with E-state index in [4.69, 9.17) is 4.74 Å². The van der Waals surface area contributed by atoms with Gasteiger partial charge in [-0.3, -0.25) is 0 Å². The fraction of sp³-hybridized carbons (Fsp3) is 0.833. The lowest BCUT2D eigenvalue weighted by Crippen LogP contribution is -2.27. The Morgan fingerprint density at radius 2 is 1.88 bits per heavy atom. The Hall–Kier alpha value is 0.177. The van der Waals surface area contributed by atoms with Crippen LogP contribution < -0.4 is 0 Å². The van der Waals surface area contributed by atoms with Crippen molar-refractivity contribution in [2.75, 3.05) is 6.23 Å². The molecule has 0 rings (SSSR count). The van der Waals surface area contributed by atoms with E-state index in [-0.39, 0.29) is 0 Å². The molecule has 0 unspecified atom stereocenters.